The van der Waals surface area contributed by atoms with Crippen molar-refractivity contribution in [2.75, 3.05) is 37.0 Å². The van der Waals surface area contributed by atoms with Crippen LogP contribution in [0.5, 0.6) is 0 Å². The van der Waals surface area contributed by atoms with Gasteiger partial charge in [0.1, 0.15) is 5.76 Å². The molecule has 2 aromatic heterocycles. The van der Waals surface area contributed by atoms with Crippen molar-refractivity contribution in [3.63, 3.8) is 0 Å². The lowest BCUT2D eigenvalue weighted by atomic mass is 9.96. The Hall–Kier alpha value is -2.71. The summed E-state index contributed by atoms with van der Waals surface area (Å²) in [5.41, 5.74) is 1.34. The van der Waals surface area contributed by atoms with Gasteiger partial charge in [-0.3, -0.25) is 4.79 Å². The average molecular weight is 371 g/mol. The number of aromatic nitrogens is 4. The van der Waals surface area contributed by atoms with Crippen molar-refractivity contribution in [1.29, 1.82) is 0 Å². The zero-order chi connectivity index (χ0) is 18.8. The molecule has 0 bridgehead atoms. The predicted octanol–water partition coefficient (Wildman–Crippen LogP) is 1.33. The van der Waals surface area contributed by atoms with E-state index in [1.807, 2.05) is 19.0 Å². The lowest BCUT2D eigenvalue weighted by Gasteiger charge is -2.18. The van der Waals surface area contributed by atoms with Crippen molar-refractivity contribution in [3.8, 4) is 0 Å². The monoisotopic (exact) mass is 371 g/mol. The molecule has 0 atom stereocenters. The number of amides is 1. The number of rotatable bonds is 5. The number of hydrogen-bond donors (Lipinski definition) is 1. The normalized spacial score (nSPS) is 16.3. The van der Waals surface area contributed by atoms with Gasteiger partial charge in [-0.05, 0) is 32.1 Å². The number of hydrogen-bond acceptors (Lipinski definition) is 8. The van der Waals surface area contributed by atoms with Crippen LogP contribution in [0, 0.1) is 0 Å². The van der Waals surface area contributed by atoms with Gasteiger partial charge in [0, 0.05) is 39.2 Å². The summed E-state index contributed by atoms with van der Waals surface area (Å²) in [5, 5.41) is 6.86. The topological polar surface area (TPSA) is 100 Å². The second kappa shape index (κ2) is 7.50. The van der Waals surface area contributed by atoms with Gasteiger partial charge in [0.2, 0.25) is 11.9 Å². The molecule has 0 aromatic carbocycles. The standard InChI is InChI=1S/C18H25N7O2/c1-24(2)17-20-14(21-18(22-17)25-9-5-6-10-25)11-19-16(26)15-12-7-3-4-8-13(12)27-23-15/h3-11H2,1-2H3,(H,19,26). The number of nitrogens with one attached hydrogen (secondary N) is 1. The van der Waals surface area contributed by atoms with Crippen LogP contribution < -0.4 is 15.1 Å². The van der Waals surface area contributed by atoms with E-state index in [2.05, 4.69) is 30.3 Å². The maximum Gasteiger partial charge on any atom is 0.274 e. The first-order chi connectivity index (χ1) is 13.1. The van der Waals surface area contributed by atoms with E-state index in [0.29, 0.717) is 23.4 Å². The molecule has 2 aliphatic rings. The first-order valence-corrected chi connectivity index (χ1v) is 9.54. The van der Waals surface area contributed by atoms with Crippen LogP contribution in [0.15, 0.2) is 4.52 Å². The molecule has 1 fully saturated rings. The Morgan fingerprint density at radius 3 is 2.67 bits per heavy atom. The van der Waals surface area contributed by atoms with E-state index in [1.54, 1.807) is 0 Å². The molecular weight excluding hydrogens is 346 g/mol. The lowest BCUT2D eigenvalue weighted by molar-refractivity contribution is 0.0940. The van der Waals surface area contributed by atoms with Gasteiger partial charge < -0.3 is 19.6 Å². The second-order valence-electron chi connectivity index (χ2n) is 7.26. The van der Waals surface area contributed by atoms with E-state index in [-0.39, 0.29) is 12.5 Å². The minimum Gasteiger partial charge on any atom is -0.360 e. The molecule has 1 N–H and O–H groups in total. The fourth-order valence-electron chi connectivity index (χ4n) is 3.54. The molecule has 4 rings (SSSR count). The molecule has 27 heavy (non-hydrogen) atoms. The first kappa shape index (κ1) is 17.7. The highest BCUT2D eigenvalue weighted by Gasteiger charge is 2.24. The molecule has 0 saturated carbocycles. The van der Waals surface area contributed by atoms with Crippen molar-refractivity contribution in [2.45, 2.75) is 45.1 Å². The summed E-state index contributed by atoms with van der Waals surface area (Å²) in [5.74, 6) is 2.42. The Kier molecular flexibility index (Phi) is 4.91. The van der Waals surface area contributed by atoms with E-state index in [9.17, 15) is 4.79 Å². The average Bonchev–Trinajstić information content (AvgIpc) is 3.35. The molecule has 9 heteroatoms. The largest absolute Gasteiger partial charge is 0.360 e. The molecule has 144 valence electrons. The zero-order valence-corrected chi connectivity index (χ0v) is 15.9. The Bertz CT molecular complexity index is 827. The quantitative estimate of drug-likeness (QED) is 0.840. The van der Waals surface area contributed by atoms with Crippen LogP contribution in [-0.4, -0.2) is 53.2 Å². The molecule has 1 aliphatic carbocycles. The lowest BCUT2D eigenvalue weighted by Crippen LogP contribution is -2.28. The second-order valence-corrected chi connectivity index (χ2v) is 7.26. The zero-order valence-electron chi connectivity index (χ0n) is 15.9. The minimum absolute atomic E-state index is 0.227. The highest BCUT2D eigenvalue weighted by molar-refractivity contribution is 5.93. The Morgan fingerprint density at radius 1 is 1.11 bits per heavy atom. The van der Waals surface area contributed by atoms with Crippen LogP contribution in [0.3, 0.4) is 0 Å². The summed E-state index contributed by atoms with van der Waals surface area (Å²) in [4.78, 5) is 30.2. The Balaban J connectivity index is 1.50. The summed E-state index contributed by atoms with van der Waals surface area (Å²) in [6, 6.07) is 0. The molecule has 1 aliphatic heterocycles. The molecule has 3 heterocycles. The van der Waals surface area contributed by atoms with Crippen LogP contribution in [0.2, 0.25) is 0 Å². The molecule has 0 spiro atoms. The van der Waals surface area contributed by atoms with E-state index in [4.69, 9.17) is 4.52 Å². The number of carbonyl (C=O) groups is 1. The Labute approximate surface area is 158 Å². The van der Waals surface area contributed by atoms with Crippen molar-refractivity contribution in [3.05, 3.63) is 22.8 Å². The van der Waals surface area contributed by atoms with E-state index in [0.717, 1.165) is 62.9 Å². The predicted molar refractivity (Wildman–Crippen MR) is 99.9 cm³/mol. The molecule has 0 radical (unpaired) electrons. The maximum absolute atomic E-state index is 12.6. The third-order valence-electron chi connectivity index (χ3n) is 5.02. The maximum atomic E-state index is 12.6. The molecule has 2 aromatic rings. The van der Waals surface area contributed by atoms with Gasteiger partial charge in [0.25, 0.3) is 5.91 Å². The van der Waals surface area contributed by atoms with Crippen LogP contribution >= 0.6 is 0 Å². The van der Waals surface area contributed by atoms with Gasteiger partial charge in [-0.2, -0.15) is 15.0 Å². The number of aryl methyl sites for hydroxylation is 1. The third kappa shape index (κ3) is 3.72. The van der Waals surface area contributed by atoms with Crippen LogP contribution in [-0.2, 0) is 19.4 Å². The van der Waals surface area contributed by atoms with Gasteiger partial charge in [-0.15, -0.1) is 0 Å². The third-order valence-corrected chi connectivity index (χ3v) is 5.02. The SMILES string of the molecule is CN(C)c1nc(CNC(=O)c2noc3c2CCCC3)nc(N2CCCC2)n1. The van der Waals surface area contributed by atoms with Crippen molar-refractivity contribution < 1.29 is 9.32 Å². The fraction of sp³-hybridized carbons (Fsp3) is 0.611. The van der Waals surface area contributed by atoms with Gasteiger partial charge in [-0.25, -0.2) is 0 Å². The van der Waals surface area contributed by atoms with Crippen molar-refractivity contribution in [1.82, 2.24) is 25.4 Å². The Morgan fingerprint density at radius 2 is 1.89 bits per heavy atom. The highest BCUT2D eigenvalue weighted by atomic mass is 16.5. The van der Waals surface area contributed by atoms with E-state index >= 15 is 0 Å². The van der Waals surface area contributed by atoms with Gasteiger partial charge in [0.15, 0.2) is 11.5 Å². The van der Waals surface area contributed by atoms with Crippen LogP contribution in [0.25, 0.3) is 0 Å². The summed E-state index contributed by atoms with van der Waals surface area (Å²) in [7, 11) is 3.79. The molecular formula is C18H25N7O2. The van der Waals surface area contributed by atoms with Crippen LogP contribution in [0.4, 0.5) is 11.9 Å². The summed E-state index contributed by atoms with van der Waals surface area (Å²) < 4.78 is 5.33. The fourth-order valence-corrected chi connectivity index (χ4v) is 3.54. The molecule has 1 saturated heterocycles. The van der Waals surface area contributed by atoms with Gasteiger partial charge in [-0.1, -0.05) is 5.16 Å². The minimum atomic E-state index is -0.239. The van der Waals surface area contributed by atoms with Crippen molar-refractivity contribution >= 4 is 17.8 Å². The van der Waals surface area contributed by atoms with Crippen LogP contribution in [0.1, 0.15) is 53.3 Å². The number of fused-ring (bicyclic) bond motifs is 1. The van der Waals surface area contributed by atoms with Crippen molar-refractivity contribution in [2.24, 2.45) is 0 Å². The van der Waals surface area contributed by atoms with E-state index < -0.39 is 0 Å². The smallest absolute Gasteiger partial charge is 0.274 e. The van der Waals surface area contributed by atoms with E-state index in [1.165, 1.54) is 0 Å². The summed E-state index contributed by atoms with van der Waals surface area (Å²) in [6.45, 7) is 2.13. The van der Waals surface area contributed by atoms with Gasteiger partial charge in [0.05, 0.1) is 6.54 Å². The number of nitrogens with zero attached hydrogens (tertiary/aromatic N) is 6. The molecule has 0 unspecified atom stereocenters. The molecule has 1 amide bonds. The van der Waals surface area contributed by atoms with Gasteiger partial charge >= 0.3 is 0 Å². The summed E-state index contributed by atoms with van der Waals surface area (Å²) >= 11 is 0. The summed E-state index contributed by atoms with van der Waals surface area (Å²) in [6.07, 6.45) is 6.14. The highest BCUT2D eigenvalue weighted by Crippen LogP contribution is 2.24. The molecule has 9 nitrogen and oxygen atoms in total. The number of carbonyl (C=O) groups excluding carboxylic acids is 1. The first-order valence-electron chi connectivity index (χ1n) is 9.54. The number of anilines is 2.